The molecule has 0 radical (unpaired) electrons. The highest BCUT2D eigenvalue weighted by Gasteiger charge is 2.06. The van der Waals surface area contributed by atoms with Crippen molar-refractivity contribution in [1.82, 2.24) is 9.44 Å². The van der Waals surface area contributed by atoms with Crippen LogP contribution in [-0.4, -0.2) is 15.0 Å². The third kappa shape index (κ3) is 4.28. The Balaban J connectivity index is 2.58. The Morgan fingerprint density at radius 3 is 2.67 bits per heavy atom. The van der Waals surface area contributed by atoms with Crippen LogP contribution >= 0.6 is 0 Å². The molecular formula is C9H15N3O2S. The van der Waals surface area contributed by atoms with E-state index in [0.29, 0.717) is 12.2 Å². The minimum atomic E-state index is -3.38. The first-order chi connectivity index (χ1) is 7.03. The highest BCUT2D eigenvalue weighted by molar-refractivity contribution is 7.87. The van der Waals surface area contributed by atoms with Gasteiger partial charge in [0.2, 0.25) is 0 Å². The number of hydrogen-bond donors (Lipinski definition) is 3. The van der Waals surface area contributed by atoms with Gasteiger partial charge in [-0.3, -0.25) is 0 Å². The van der Waals surface area contributed by atoms with Crippen molar-refractivity contribution < 1.29 is 8.42 Å². The molecule has 0 amide bonds. The zero-order chi connectivity index (χ0) is 11.3. The number of nitrogens with two attached hydrogens (primary N) is 1. The van der Waals surface area contributed by atoms with Crippen LogP contribution in [0.4, 0.5) is 5.69 Å². The summed E-state index contributed by atoms with van der Waals surface area (Å²) in [6.07, 6.45) is 0. The maximum atomic E-state index is 11.2. The maximum absolute atomic E-state index is 11.2. The normalized spacial score (nSPS) is 11.5. The van der Waals surface area contributed by atoms with Crippen molar-refractivity contribution in [2.75, 3.05) is 12.3 Å². The molecule has 6 heteroatoms. The summed E-state index contributed by atoms with van der Waals surface area (Å²) in [5, 5.41) is 0. The number of nitrogens with one attached hydrogen (secondary N) is 2. The number of hydrogen-bond acceptors (Lipinski definition) is 3. The van der Waals surface area contributed by atoms with Gasteiger partial charge in [-0.25, -0.2) is 4.72 Å². The Hall–Kier alpha value is -1.11. The lowest BCUT2D eigenvalue weighted by Crippen LogP contribution is -2.35. The van der Waals surface area contributed by atoms with Crippen LogP contribution in [0.15, 0.2) is 24.3 Å². The van der Waals surface area contributed by atoms with Crippen LogP contribution in [-0.2, 0) is 16.8 Å². The smallest absolute Gasteiger partial charge is 0.277 e. The Morgan fingerprint density at radius 2 is 2.07 bits per heavy atom. The van der Waals surface area contributed by atoms with E-state index in [4.69, 9.17) is 5.73 Å². The fourth-order valence-electron chi connectivity index (χ4n) is 1.12. The van der Waals surface area contributed by atoms with Gasteiger partial charge in [0.1, 0.15) is 0 Å². The molecule has 4 N–H and O–H groups in total. The lowest BCUT2D eigenvalue weighted by Gasteiger charge is -2.06. The molecule has 0 saturated carbocycles. The average Bonchev–Trinajstić information content (AvgIpc) is 2.15. The van der Waals surface area contributed by atoms with Gasteiger partial charge in [-0.15, -0.1) is 0 Å². The van der Waals surface area contributed by atoms with E-state index in [9.17, 15) is 8.42 Å². The van der Waals surface area contributed by atoms with Crippen LogP contribution in [0.1, 0.15) is 12.5 Å². The molecule has 0 fully saturated rings. The summed E-state index contributed by atoms with van der Waals surface area (Å²) in [6.45, 7) is 2.33. The second kappa shape index (κ2) is 5.11. The van der Waals surface area contributed by atoms with Crippen molar-refractivity contribution in [3.05, 3.63) is 29.8 Å². The van der Waals surface area contributed by atoms with Crippen molar-refractivity contribution in [3.8, 4) is 0 Å². The van der Waals surface area contributed by atoms with Gasteiger partial charge < -0.3 is 5.73 Å². The SMILES string of the molecule is CCNS(=O)(=O)NCc1cccc(N)c1. The first-order valence-electron chi connectivity index (χ1n) is 4.62. The van der Waals surface area contributed by atoms with Gasteiger partial charge in [-0.2, -0.15) is 13.1 Å². The molecule has 5 nitrogen and oxygen atoms in total. The molecule has 0 bridgehead atoms. The Morgan fingerprint density at radius 1 is 1.33 bits per heavy atom. The predicted octanol–water partition coefficient (Wildman–Crippen LogP) is 0.213. The minimum absolute atomic E-state index is 0.236. The molecule has 0 aliphatic carbocycles. The number of rotatable bonds is 5. The fraction of sp³-hybridized carbons (Fsp3) is 0.333. The van der Waals surface area contributed by atoms with Crippen molar-refractivity contribution >= 4 is 15.9 Å². The van der Waals surface area contributed by atoms with Gasteiger partial charge in [-0.1, -0.05) is 19.1 Å². The van der Waals surface area contributed by atoms with Gasteiger partial charge in [-0.05, 0) is 17.7 Å². The van der Waals surface area contributed by atoms with Gasteiger partial charge in [0.15, 0.2) is 0 Å². The zero-order valence-corrected chi connectivity index (χ0v) is 9.34. The van der Waals surface area contributed by atoms with Crippen molar-refractivity contribution in [2.24, 2.45) is 0 Å². The molecule has 0 aromatic heterocycles. The second-order valence-electron chi connectivity index (χ2n) is 3.07. The van der Waals surface area contributed by atoms with Crippen LogP contribution in [0, 0.1) is 0 Å². The Labute approximate surface area is 89.9 Å². The van der Waals surface area contributed by atoms with Gasteiger partial charge in [0.25, 0.3) is 10.2 Å². The molecule has 0 aliphatic heterocycles. The molecule has 1 aromatic carbocycles. The summed E-state index contributed by atoms with van der Waals surface area (Å²) < 4.78 is 27.2. The lowest BCUT2D eigenvalue weighted by molar-refractivity contribution is 0.568. The highest BCUT2D eigenvalue weighted by Crippen LogP contribution is 2.05. The van der Waals surface area contributed by atoms with E-state index < -0.39 is 10.2 Å². The van der Waals surface area contributed by atoms with Gasteiger partial charge >= 0.3 is 0 Å². The summed E-state index contributed by atoms with van der Waals surface area (Å²) in [5.74, 6) is 0. The minimum Gasteiger partial charge on any atom is -0.399 e. The van der Waals surface area contributed by atoms with Crippen molar-refractivity contribution in [1.29, 1.82) is 0 Å². The predicted molar refractivity (Wildman–Crippen MR) is 60.3 cm³/mol. The molecule has 15 heavy (non-hydrogen) atoms. The van der Waals surface area contributed by atoms with E-state index in [0.717, 1.165) is 5.56 Å². The molecule has 0 unspecified atom stereocenters. The molecule has 0 atom stereocenters. The van der Waals surface area contributed by atoms with E-state index >= 15 is 0 Å². The summed E-state index contributed by atoms with van der Waals surface area (Å²) in [7, 11) is -3.38. The summed E-state index contributed by atoms with van der Waals surface area (Å²) >= 11 is 0. The summed E-state index contributed by atoms with van der Waals surface area (Å²) in [4.78, 5) is 0. The molecule has 0 heterocycles. The molecule has 0 aliphatic rings. The van der Waals surface area contributed by atoms with Crippen molar-refractivity contribution in [3.63, 3.8) is 0 Å². The average molecular weight is 229 g/mol. The van der Waals surface area contributed by atoms with E-state index in [2.05, 4.69) is 9.44 Å². The van der Waals surface area contributed by atoms with E-state index in [1.54, 1.807) is 25.1 Å². The van der Waals surface area contributed by atoms with E-state index in [-0.39, 0.29) is 6.54 Å². The lowest BCUT2D eigenvalue weighted by atomic mass is 10.2. The standard InChI is InChI=1S/C9H15N3O2S/c1-2-11-15(13,14)12-7-8-4-3-5-9(10)6-8/h3-6,11-12H,2,7,10H2,1H3. The van der Waals surface area contributed by atoms with Crippen LogP contribution in [0.2, 0.25) is 0 Å². The topological polar surface area (TPSA) is 84.2 Å². The molecular weight excluding hydrogens is 214 g/mol. The van der Waals surface area contributed by atoms with Crippen LogP contribution in [0.5, 0.6) is 0 Å². The first-order valence-corrected chi connectivity index (χ1v) is 6.10. The number of nitrogen functional groups attached to an aromatic ring is 1. The van der Waals surface area contributed by atoms with Crippen LogP contribution < -0.4 is 15.2 Å². The van der Waals surface area contributed by atoms with E-state index in [1.807, 2.05) is 6.07 Å². The van der Waals surface area contributed by atoms with Crippen molar-refractivity contribution in [2.45, 2.75) is 13.5 Å². The monoisotopic (exact) mass is 229 g/mol. The third-order valence-electron chi connectivity index (χ3n) is 1.75. The van der Waals surface area contributed by atoms with Crippen LogP contribution in [0.3, 0.4) is 0 Å². The summed E-state index contributed by atoms with van der Waals surface area (Å²) in [6, 6.07) is 7.08. The molecule has 1 aromatic rings. The second-order valence-corrected chi connectivity index (χ2v) is 4.65. The number of benzene rings is 1. The molecule has 84 valence electrons. The quantitative estimate of drug-likeness (QED) is 0.631. The Kier molecular flexibility index (Phi) is 4.07. The summed E-state index contributed by atoms with van der Waals surface area (Å²) in [5.41, 5.74) is 7.01. The van der Waals surface area contributed by atoms with Gasteiger partial charge in [0, 0.05) is 18.8 Å². The molecule has 0 spiro atoms. The highest BCUT2D eigenvalue weighted by atomic mass is 32.2. The van der Waals surface area contributed by atoms with Crippen LogP contribution in [0.25, 0.3) is 0 Å². The van der Waals surface area contributed by atoms with Gasteiger partial charge in [0.05, 0.1) is 0 Å². The Bertz CT molecular complexity index is 417. The maximum Gasteiger partial charge on any atom is 0.277 e. The molecule has 0 saturated heterocycles. The fourth-order valence-corrected chi connectivity index (χ4v) is 1.96. The third-order valence-corrected chi connectivity index (χ3v) is 2.94. The van der Waals surface area contributed by atoms with E-state index in [1.165, 1.54) is 0 Å². The number of anilines is 1. The molecule has 1 rings (SSSR count). The first kappa shape index (κ1) is 12.0. The largest absolute Gasteiger partial charge is 0.399 e. The zero-order valence-electron chi connectivity index (χ0n) is 8.53.